The summed E-state index contributed by atoms with van der Waals surface area (Å²) in [7, 11) is 0. The summed E-state index contributed by atoms with van der Waals surface area (Å²) in [5.41, 5.74) is 1.91. The molecule has 2 amide bonds. The van der Waals surface area contributed by atoms with Crippen LogP contribution in [-0.4, -0.2) is 32.7 Å². The van der Waals surface area contributed by atoms with Gasteiger partial charge in [-0.25, -0.2) is 4.98 Å². The van der Waals surface area contributed by atoms with E-state index in [0.29, 0.717) is 6.54 Å². The second-order valence-electron chi connectivity index (χ2n) is 6.00. The highest BCUT2D eigenvalue weighted by Gasteiger charge is 2.37. The number of para-hydroxylation sites is 1. The molecule has 3 rings (SSSR count). The van der Waals surface area contributed by atoms with Gasteiger partial charge >= 0.3 is 0 Å². The quantitative estimate of drug-likeness (QED) is 0.941. The van der Waals surface area contributed by atoms with Gasteiger partial charge in [0.2, 0.25) is 5.91 Å². The second kappa shape index (κ2) is 6.78. The van der Waals surface area contributed by atoms with E-state index in [1.165, 1.54) is 18.6 Å². The molecule has 0 saturated carbocycles. The molecule has 0 radical (unpaired) electrons. The fourth-order valence-corrected chi connectivity index (χ4v) is 2.95. The summed E-state index contributed by atoms with van der Waals surface area (Å²) >= 11 is 0. The Kier molecular flexibility index (Phi) is 4.55. The summed E-state index contributed by atoms with van der Waals surface area (Å²) in [6.07, 6.45) is 5.23. The molecule has 0 aliphatic carbocycles. The minimum Gasteiger partial charge on any atom is -0.324 e. The van der Waals surface area contributed by atoms with E-state index < -0.39 is 6.04 Å². The first kappa shape index (κ1) is 16.1. The highest BCUT2D eigenvalue weighted by atomic mass is 16.2. The maximum atomic E-state index is 13.0. The SMILES string of the molecule is CC[C@H](C)[C@H]1C(=O)Nc2ccccc2CN1C(=O)c1cnccn1. The monoisotopic (exact) mass is 324 g/mol. The minimum absolute atomic E-state index is 0.0277. The van der Waals surface area contributed by atoms with Crippen LogP contribution in [-0.2, 0) is 11.3 Å². The zero-order chi connectivity index (χ0) is 17.1. The first-order valence-corrected chi connectivity index (χ1v) is 8.07. The summed E-state index contributed by atoms with van der Waals surface area (Å²) in [5.74, 6) is -0.410. The number of aromatic nitrogens is 2. The number of carbonyl (C=O) groups excluding carboxylic acids is 2. The highest BCUT2D eigenvalue weighted by Crippen LogP contribution is 2.28. The van der Waals surface area contributed by atoms with Gasteiger partial charge in [-0.15, -0.1) is 0 Å². The van der Waals surface area contributed by atoms with Gasteiger partial charge in [0.05, 0.1) is 6.20 Å². The average molecular weight is 324 g/mol. The van der Waals surface area contributed by atoms with Crippen molar-refractivity contribution in [2.75, 3.05) is 5.32 Å². The third-order valence-corrected chi connectivity index (χ3v) is 4.45. The number of hydrogen-bond donors (Lipinski definition) is 1. The third-order valence-electron chi connectivity index (χ3n) is 4.45. The molecular weight excluding hydrogens is 304 g/mol. The standard InChI is InChI=1S/C18H20N4O2/c1-3-12(2)16-17(23)21-14-7-5-4-6-13(14)11-22(16)18(24)15-10-19-8-9-20-15/h4-10,12,16H,3,11H2,1-2H3,(H,21,23)/t12-,16-/m0/s1. The molecule has 1 aromatic heterocycles. The number of nitrogens with one attached hydrogen (secondary N) is 1. The van der Waals surface area contributed by atoms with E-state index in [1.807, 2.05) is 38.1 Å². The first-order valence-electron chi connectivity index (χ1n) is 8.07. The predicted octanol–water partition coefficient (Wildman–Crippen LogP) is 2.49. The van der Waals surface area contributed by atoms with Crippen LogP contribution in [0.3, 0.4) is 0 Å². The smallest absolute Gasteiger partial charge is 0.275 e. The molecule has 6 nitrogen and oxygen atoms in total. The Morgan fingerprint density at radius 3 is 2.88 bits per heavy atom. The van der Waals surface area contributed by atoms with Crippen LogP contribution >= 0.6 is 0 Å². The largest absolute Gasteiger partial charge is 0.324 e. The Bertz CT molecular complexity index is 748. The molecule has 6 heteroatoms. The number of fused-ring (bicyclic) bond motifs is 1. The number of nitrogens with zero attached hydrogens (tertiary/aromatic N) is 3. The van der Waals surface area contributed by atoms with E-state index in [1.54, 1.807) is 4.90 Å². The summed E-state index contributed by atoms with van der Waals surface area (Å²) in [6.45, 7) is 4.36. The van der Waals surface area contributed by atoms with Gasteiger partial charge in [0.25, 0.3) is 5.91 Å². The van der Waals surface area contributed by atoms with E-state index >= 15 is 0 Å². The fourth-order valence-electron chi connectivity index (χ4n) is 2.95. The molecule has 124 valence electrons. The summed E-state index contributed by atoms with van der Waals surface area (Å²) < 4.78 is 0. The normalized spacial score (nSPS) is 18.3. The Morgan fingerprint density at radius 2 is 2.17 bits per heavy atom. The van der Waals surface area contributed by atoms with Crippen molar-refractivity contribution in [3.05, 3.63) is 54.1 Å². The number of hydrogen-bond acceptors (Lipinski definition) is 4. The van der Waals surface area contributed by atoms with E-state index in [9.17, 15) is 9.59 Å². The van der Waals surface area contributed by atoms with Gasteiger partial charge in [-0.05, 0) is 17.5 Å². The Labute approximate surface area is 140 Å². The number of anilines is 1. The lowest BCUT2D eigenvalue weighted by Gasteiger charge is -2.32. The Hall–Kier alpha value is -2.76. The molecule has 0 saturated heterocycles. The lowest BCUT2D eigenvalue weighted by Crippen LogP contribution is -2.49. The van der Waals surface area contributed by atoms with Gasteiger partial charge in [-0.1, -0.05) is 38.5 Å². The van der Waals surface area contributed by atoms with Crippen molar-refractivity contribution < 1.29 is 9.59 Å². The van der Waals surface area contributed by atoms with Gasteiger partial charge in [0, 0.05) is 24.6 Å². The van der Waals surface area contributed by atoms with Gasteiger partial charge in [0.1, 0.15) is 11.7 Å². The molecule has 2 heterocycles. The van der Waals surface area contributed by atoms with Gasteiger partial charge in [-0.3, -0.25) is 14.6 Å². The van der Waals surface area contributed by atoms with Crippen molar-refractivity contribution >= 4 is 17.5 Å². The Morgan fingerprint density at radius 1 is 1.38 bits per heavy atom. The van der Waals surface area contributed by atoms with Gasteiger partial charge in [-0.2, -0.15) is 0 Å². The van der Waals surface area contributed by atoms with Crippen LogP contribution in [0, 0.1) is 5.92 Å². The molecule has 0 unspecified atom stereocenters. The highest BCUT2D eigenvalue weighted by molar-refractivity contribution is 6.01. The van der Waals surface area contributed by atoms with Gasteiger partial charge in [0.15, 0.2) is 0 Å². The maximum Gasteiger partial charge on any atom is 0.275 e. The minimum atomic E-state index is -0.545. The van der Waals surface area contributed by atoms with Crippen LogP contribution in [0.2, 0.25) is 0 Å². The second-order valence-corrected chi connectivity index (χ2v) is 6.00. The van der Waals surface area contributed by atoms with Crippen molar-refractivity contribution in [2.45, 2.75) is 32.9 Å². The molecular formula is C18H20N4O2. The molecule has 1 aliphatic rings. The zero-order valence-electron chi connectivity index (χ0n) is 13.8. The maximum absolute atomic E-state index is 13.0. The van der Waals surface area contributed by atoms with Crippen LogP contribution < -0.4 is 5.32 Å². The average Bonchev–Trinajstić information content (AvgIpc) is 2.77. The zero-order valence-corrected chi connectivity index (χ0v) is 13.8. The lowest BCUT2D eigenvalue weighted by molar-refractivity contribution is -0.122. The van der Waals surface area contributed by atoms with Crippen molar-refractivity contribution in [3.8, 4) is 0 Å². The van der Waals surface area contributed by atoms with E-state index in [-0.39, 0.29) is 23.4 Å². The molecule has 0 bridgehead atoms. The number of rotatable bonds is 3. The Balaban J connectivity index is 2.04. The summed E-state index contributed by atoms with van der Waals surface area (Å²) in [5, 5.41) is 2.96. The van der Waals surface area contributed by atoms with E-state index in [2.05, 4.69) is 15.3 Å². The van der Waals surface area contributed by atoms with Crippen LogP contribution in [0.25, 0.3) is 0 Å². The molecule has 24 heavy (non-hydrogen) atoms. The number of amides is 2. The van der Waals surface area contributed by atoms with Crippen molar-refractivity contribution in [2.24, 2.45) is 5.92 Å². The van der Waals surface area contributed by atoms with Crippen LogP contribution in [0.4, 0.5) is 5.69 Å². The topological polar surface area (TPSA) is 75.2 Å². The summed E-state index contributed by atoms with van der Waals surface area (Å²) in [4.78, 5) is 35.4. The van der Waals surface area contributed by atoms with Crippen LogP contribution in [0.15, 0.2) is 42.9 Å². The van der Waals surface area contributed by atoms with Gasteiger partial charge < -0.3 is 10.2 Å². The molecule has 1 N–H and O–H groups in total. The van der Waals surface area contributed by atoms with Crippen molar-refractivity contribution in [1.29, 1.82) is 0 Å². The first-order chi connectivity index (χ1) is 11.6. The lowest BCUT2D eigenvalue weighted by atomic mass is 9.96. The summed E-state index contributed by atoms with van der Waals surface area (Å²) in [6, 6.07) is 7.01. The fraction of sp³-hybridized carbons (Fsp3) is 0.333. The number of carbonyl (C=O) groups is 2. The molecule has 1 aromatic carbocycles. The molecule has 0 spiro atoms. The number of benzene rings is 1. The van der Waals surface area contributed by atoms with Crippen LogP contribution in [0.1, 0.15) is 36.3 Å². The molecule has 1 aliphatic heterocycles. The van der Waals surface area contributed by atoms with E-state index in [0.717, 1.165) is 17.7 Å². The van der Waals surface area contributed by atoms with Crippen molar-refractivity contribution in [3.63, 3.8) is 0 Å². The van der Waals surface area contributed by atoms with Crippen LogP contribution in [0.5, 0.6) is 0 Å². The molecule has 2 aromatic rings. The third kappa shape index (κ3) is 2.99. The van der Waals surface area contributed by atoms with E-state index in [4.69, 9.17) is 0 Å². The van der Waals surface area contributed by atoms with Crippen molar-refractivity contribution in [1.82, 2.24) is 14.9 Å². The molecule has 2 atom stereocenters. The predicted molar refractivity (Wildman–Crippen MR) is 90.2 cm³/mol. The molecule has 0 fully saturated rings.